The summed E-state index contributed by atoms with van der Waals surface area (Å²) in [6.07, 6.45) is 0. The number of aryl methyl sites for hydroxylation is 1. The molecule has 0 N–H and O–H groups in total. The highest BCUT2D eigenvalue weighted by Crippen LogP contribution is 2.26. The summed E-state index contributed by atoms with van der Waals surface area (Å²) >= 11 is 0. The van der Waals surface area contributed by atoms with Crippen LogP contribution in [0.3, 0.4) is 0 Å². The zero-order valence-corrected chi connectivity index (χ0v) is 11.6. The molecule has 1 aromatic heterocycles. The van der Waals surface area contributed by atoms with E-state index in [2.05, 4.69) is 5.16 Å². The lowest BCUT2D eigenvalue weighted by Crippen LogP contribution is -2.41. The quantitative estimate of drug-likeness (QED) is 0.851. The van der Waals surface area contributed by atoms with Crippen LogP contribution in [0.4, 0.5) is 4.39 Å². The van der Waals surface area contributed by atoms with Gasteiger partial charge >= 0.3 is 0 Å². The van der Waals surface area contributed by atoms with Gasteiger partial charge < -0.3 is 14.2 Å². The molecule has 21 heavy (non-hydrogen) atoms. The molecule has 0 aliphatic carbocycles. The van der Waals surface area contributed by atoms with E-state index >= 15 is 0 Å². The van der Waals surface area contributed by atoms with Crippen LogP contribution in [0.1, 0.15) is 16.1 Å². The van der Waals surface area contributed by atoms with E-state index in [0.29, 0.717) is 48.9 Å². The molecule has 1 fully saturated rings. The SMILES string of the molecule is Cc1onc(-c2ccc(F)cc2)c1C(=O)N1CCOCC1. The van der Waals surface area contributed by atoms with Crippen molar-refractivity contribution in [1.29, 1.82) is 0 Å². The molecule has 0 unspecified atom stereocenters. The average Bonchev–Trinajstić information content (AvgIpc) is 2.90. The van der Waals surface area contributed by atoms with E-state index in [4.69, 9.17) is 9.26 Å². The Kier molecular flexibility index (Phi) is 3.70. The van der Waals surface area contributed by atoms with Crippen LogP contribution in [-0.4, -0.2) is 42.3 Å². The Morgan fingerprint density at radius 3 is 2.57 bits per heavy atom. The first kappa shape index (κ1) is 13.8. The third-order valence-corrected chi connectivity index (χ3v) is 3.49. The average molecular weight is 290 g/mol. The van der Waals surface area contributed by atoms with Crippen LogP contribution in [0.5, 0.6) is 0 Å². The zero-order valence-electron chi connectivity index (χ0n) is 11.6. The van der Waals surface area contributed by atoms with Gasteiger partial charge in [0, 0.05) is 18.7 Å². The Labute approximate surface area is 121 Å². The number of hydrogen-bond donors (Lipinski definition) is 0. The van der Waals surface area contributed by atoms with Crippen molar-refractivity contribution in [2.75, 3.05) is 26.3 Å². The number of nitrogens with zero attached hydrogens (tertiary/aromatic N) is 2. The molecule has 1 amide bonds. The van der Waals surface area contributed by atoms with Gasteiger partial charge in [-0.2, -0.15) is 0 Å². The molecule has 0 saturated carbocycles. The van der Waals surface area contributed by atoms with Crippen molar-refractivity contribution in [2.45, 2.75) is 6.92 Å². The molecule has 6 heteroatoms. The maximum absolute atomic E-state index is 13.0. The van der Waals surface area contributed by atoms with Crippen LogP contribution in [0.15, 0.2) is 28.8 Å². The molecular formula is C15H15FN2O3. The number of halogens is 1. The summed E-state index contributed by atoms with van der Waals surface area (Å²) in [5.74, 6) is 0.00205. The summed E-state index contributed by atoms with van der Waals surface area (Å²) in [5.41, 5.74) is 1.54. The maximum atomic E-state index is 13.0. The molecule has 110 valence electrons. The number of aromatic nitrogens is 1. The minimum Gasteiger partial charge on any atom is -0.378 e. The lowest BCUT2D eigenvalue weighted by Gasteiger charge is -2.26. The summed E-state index contributed by atoms with van der Waals surface area (Å²) in [7, 11) is 0. The van der Waals surface area contributed by atoms with E-state index in [1.807, 2.05) is 0 Å². The number of hydrogen-bond acceptors (Lipinski definition) is 4. The van der Waals surface area contributed by atoms with Gasteiger partial charge in [0.05, 0.1) is 13.2 Å². The molecule has 1 saturated heterocycles. The van der Waals surface area contributed by atoms with Crippen LogP contribution >= 0.6 is 0 Å². The number of carbonyl (C=O) groups excluding carboxylic acids is 1. The van der Waals surface area contributed by atoms with Gasteiger partial charge in [-0.15, -0.1) is 0 Å². The van der Waals surface area contributed by atoms with Crippen LogP contribution in [0.2, 0.25) is 0 Å². The first-order valence-electron chi connectivity index (χ1n) is 6.76. The smallest absolute Gasteiger partial charge is 0.259 e. The van der Waals surface area contributed by atoms with Crippen molar-refractivity contribution >= 4 is 5.91 Å². The molecule has 0 bridgehead atoms. The van der Waals surface area contributed by atoms with E-state index in [1.54, 1.807) is 24.0 Å². The first-order valence-corrected chi connectivity index (χ1v) is 6.76. The number of carbonyl (C=O) groups is 1. The molecule has 0 atom stereocenters. The molecular weight excluding hydrogens is 275 g/mol. The van der Waals surface area contributed by atoms with Crippen molar-refractivity contribution < 1.29 is 18.4 Å². The molecule has 0 radical (unpaired) electrons. The number of ether oxygens (including phenoxy) is 1. The summed E-state index contributed by atoms with van der Waals surface area (Å²) in [4.78, 5) is 14.4. The Bertz CT molecular complexity index is 645. The molecule has 2 heterocycles. The van der Waals surface area contributed by atoms with Crippen molar-refractivity contribution in [3.8, 4) is 11.3 Å². The predicted octanol–water partition coefficient (Wildman–Crippen LogP) is 2.26. The number of benzene rings is 1. The van der Waals surface area contributed by atoms with Crippen molar-refractivity contribution in [3.05, 3.63) is 41.4 Å². The predicted molar refractivity (Wildman–Crippen MR) is 73.4 cm³/mol. The summed E-state index contributed by atoms with van der Waals surface area (Å²) in [6, 6.07) is 5.84. The Hall–Kier alpha value is -2.21. The van der Waals surface area contributed by atoms with E-state index in [-0.39, 0.29) is 11.7 Å². The summed E-state index contributed by atoms with van der Waals surface area (Å²) in [6.45, 7) is 3.86. The van der Waals surface area contributed by atoms with Gasteiger partial charge in [-0.3, -0.25) is 4.79 Å². The van der Waals surface area contributed by atoms with E-state index < -0.39 is 0 Å². The fraction of sp³-hybridized carbons (Fsp3) is 0.333. The van der Waals surface area contributed by atoms with Crippen LogP contribution in [-0.2, 0) is 4.74 Å². The minimum atomic E-state index is -0.333. The fourth-order valence-corrected chi connectivity index (χ4v) is 2.35. The Balaban J connectivity index is 1.96. The Morgan fingerprint density at radius 1 is 1.24 bits per heavy atom. The van der Waals surface area contributed by atoms with Gasteiger partial charge in [0.1, 0.15) is 22.8 Å². The van der Waals surface area contributed by atoms with Gasteiger partial charge in [-0.25, -0.2) is 4.39 Å². The molecule has 1 aliphatic heterocycles. The molecule has 1 aliphatic rings. The number of morpholine rings is 1. The number of rotatable bonds is 2. The van der Waals surface area contributed by atoms with Crippen LogP contribution in [0, 0.1) is 12.7 Å². The van der Waals surface area contributed by atoms with Crippen molar-refractivity contribution in [1.82, 2.24) is 10.1 Å². The molecule has 0 spiro atoms. The van der Waals surface area contributed by atoms with E-state index in [0.717, 1.165) is 0 Å². The standard InChI is InChI=1S/C15H15FN2O3/c1-10-13(15(19)18-6-8-20-9-7-18)14(17-21-10)11-2-4-12(16)5-3-11/h2-5H,6-9H2,1H3. The van der Waals surface area contributed by atoms with Gasteiger partial charge in [0.25, 0.3) is 5.91 Å². The topological polar surface area (TPSA) is 55.6 Å². The fourth-order valence-electron chi connectivity index (χ4n) is 2.35. The second-order valence-electron chi connectivity index (χ2n) is 4.87. The second kappa shape index (κ2) is 5.65. The molecule has 5 nitrogen and oxygen atoms in total. The van der Waals surface area contributed by atoms with Crippen LogP contribution in [0.25, 0.3) is 11.3 Å². The van der Waals surface area contributed by atoms with Gasteiger partial charge in [0.2, 0.25) is 0 Å². The van der Waals surface area contributed by atoms with E-state index in [9.17, 15) is 9.18 Å². The highest BCUT2D eigenvalue weighted by molar-refractivity contribution is 6.00. The molecule has 1 aromatic carbocycles. The molecule has 2 aromatic rings. The third-order valence-electron chi connectivity index (χ3n) is 3.49. The summed E-state index contributed by atoms with van der Waals surface area (Å²) in [5, 5.41) is 3.96. The summed E-state index contributed by atoms with van der Waals surface area (Å²) < 4.78 is 23.4. The van der Waals surface area contributed by atoms with Crippen LogP contribution < -0.4 is 0 Å². The minimum absolute atomic E-state index is 0.128. The monoisotopic (exact) mass is 290 g/mol. The Morgan fingerprint density at radius 2 is 1.90 bits per heavy atom. The maximum Gasteiger partial charge on any atom is 0.259 e. The first-order chi connectivity index (χ1) is 10.2. The normalized spacial score (nSPS) is 15.2. The van der Waals surface area contributed by atoms with Gasteiger partial charge in [-0.05, 0) is 31.2 Å². The van der Waals surface area contributed by atoms with Crippen molar-refractivity contribution in [3.63, 3.8) is 0 Å². The lowest BCUT2D eigenvalue weighted by atomic mass is 10.0. The third kappa shape index (κ3) is 2.67. The van der Waals surface area contributed by atoms with Gasteiger partial charge in [0.15, 0.2) is 0 Å². The van der Waals surface area contributed by atoms with Gasteiger partial charge in [-0.1, -0.05) is 5.16 Å². The lowest BCUT2D eigenvalue weighted by molar-refractivity contribution is 0.0302. The number of amides is 1. The largest absolute Gasteiger partial charge is 0.378 e. The second-order valence-corrected chi connectivity index (χ2v) is 4.87. The highest BCUT2D eigenvalue weighted by Gasteiger charge is 2.27. The van der Waals surface area contributed by atoms with Crippen molar-refractivity contribution in [2.24, 2.45) is 0 Å². The molecule has 3 rings (SSSR count). The highest BCUT2D eigenvalue weighted by atomic mass is 19.1. The van der Waals surface area contributed by atoms with E-state index in [1.165, 1.54) is 12.1 Å². The zero-order chi connectivity index (χ0) is 14.8.